The fourth-order valence-corrected chi connectivity index (χ4v) is 3.05. The lowest BCUT2D eigenvalue weighted by Crippen LogP contribution is -2.00. The van der Waals surface area contributed by atoms with Crippen LogP contribution in [0.4, 0.5) is 0 Å². The molecule has 3 nitrogen and oxygen atoms in total. The van der Waals surface area contributed by atoms with Crippen molar-refractivity contribution >= 4 is 17.1 Å². The Bertz CT molecular complexity index is 630. The van der Waals surface area contributed by atoms with E-state index in [1.54, 1.807) is 23.5 Å². The minimum atomic E-state index is 0.0466. The molecule has 20 heavy (non-hydrogen) atoms. The van der Waals surface area contributed by atoms with E-state index in [0.717, 1.165) is 23.5 Å². The highest BCUT2D eigenvalue weighted by Crippen LogP contribution is 2.31. The van der Waals surface area contributed by atoms with Gasteiger partial charge in [0.1, 0.15) is 0 Å². The molecule has 1 aliphatic rings. The minimum Gasteiger partial charge on any atom is -0.490 e. The van der Waals surface area contributed by atoms with Crippen LogP contribution in [0.15, 0.2) is 30.3 Å². The van der Waals surface area contributed by atoms with Crippen LogP contribution in [0.5, 0.6) is 11.5 Å². The van der Waals surface area contributed by atoms with Crippen LogP contribution < -0.4 is 9.47 Å². The Morgan fingerprint density at radius 1 is 1.15 bits per heavy atom. The van der Waals surface area contributed by atoms with Crippen LogP contribution in [-0.4, -0.2) is 19.0 Å². The van der Waals surface area contributed by atoms with Gasteiger partial charge in [-0.15, -0.1) is 11.3 Å². The molecule has 1 aliphatic heterocycles. The molecule has 2 aromatic rings. The van der Waals surface area contributed by atoms with Gasteiger partial charge in [-0.1, -0.05) is 6.92 Å². The van der Waals surface area contributed by atoms with Crippen molar-refractivity contribution in [3.8, 4) is 11.5 Å². The van der Waals surface area contributed by atoms with Crippen molar-refractivity contribution in [2.45, 2.75) is 19.8 Å². The predicted molar refractivity (Wildman–Crippen MR) is 79.2 cm³/mol. The lowest BCUT2D eigenvalue weighted by molar-refractivity contribution is 0.104. The average Bonchev–Trinajstić information content (AvgIpc) is 2.84. The fraction of sp³-hybridized carbons (Fsp3) is 0.312. The molecule has 0 bridgehead atoms. The summed E-state index contributed by atoms with van der Waals surface area (Å²) in [5.74, 6) is 1.44. The van der Waals surface area contributed by atoms with Crippen molar-refractivity contribution in [1.29, 1.82) is 0 Å². The van der Waals surface area contributed by atoms with Crippen molar-refractivity contribution in [3.05, 3.63) is 45.6 Å². The molecule has 0 amide bonds. The van der Waals surface area contributed by atoms with E-state index < -0.39 is 0 Å². The van der Waals surface area contributed by atoms with E-state index in [-0.39, 0.29) is 5.78 Å². The van der Waals surface area contributed by atoms with E-state index in [1.807, 2.05) is 18.2 Å². The van der Waals surface area contributed by atoms with Gasteiger partial charge in [0, 0.05) is 16.9 Å². The normalized spacial score (nSPS) is 13.8. The van der Waals surface area contributed by atoms with Crippen LogP contribution >= 0.6 is 11.3 Å². The number of benzene rings is 1. The van der Waals surface area contributed by atoms with Crippen molar-refractivity contribution in [1.82, 2.24) is 0 Å². The van der Waals surface area contributed by atoms with Crippen molar-refractivity contribution in [2.24, 2.45) is 0 Å². The Balaban J connectivity index is 1.90. The molecule has 0 saturated carbocycles. The van der Waals surface area contributed by atoms with E-state index in [9.17, 15) is 4.79 Å². The molecule has 4 heteroatoms. The van der Waals surface area contributed by atoms with Crippen LogP contribution in [0.3, 0.4) is 0 Å². The Morgan fingerprint density at radius 3 is 2.70 bits per heavy atom. The number of rotatable bonds is 3. The van der Waals surface area contributed by atoms with E-state index >= 15 is 0 Å². The summed E-state index contributed by atoms with van der Waals surface area (Å²) < 4.78 is 11.2. The topological polar surface area (TPSA) is 35.5 Å². The monoisotopic (exact) mass is 288 g/mol. The van der Waals surface area contributed by atoms with Gasteiger partial charge in [0.15, 0.2) is 11.5 Å². The quantitative estimate of drug-likeness (QED) is 0.808. The van der Waals surface area contributed by atoms with Gasteiger partial charge in [0.05, 0.1) is 18.1 Å². The third-order valence-corrected chi connectivity index (χ3v) is 4.47. The summed E-state index contributed by atoms with van der Waals surface area (Å²) in [7, 11) is 0. The molecule has 0 spiro atoms. The third kappa shape index (κ3) is 2.56. The van der Waals surface area contributed by atoms with Crippen LogP contribution in [0.1, 0.15) is 33.5 Å². The molecular formula is C16H16O3S. The van der Waals surface area contributed by atoms with Crippen molar-refractivity contribution in [3.63, 3.8) is 0 Å². The van der Waals surface area contributed by atoms with Crippen LogP contribution in [0, 0.1) is 0 Å². The van der Waals surface area contributed by atoms with Crippen LogP contribution in [-0.2, 0) is 6.42 Å². The molecule has 0 atom stereocenters. The molecule has 0 aliphatic carbocycles. The Morgan fingerprint density at radius 2 is 1.95 bits per heavy atom. The number of hydrogen-bond acceptors (Lipinski definition) is 4. The van der Waals surface area contributed by atoms with E-state index in [4.69, 9.17) is 9.47 Å². The highest BCUT2D eigenvalue weighted by molar-refractivity contribution is 7.14. The highest BCUT2D eigenvalue weighted by atomic mass is 32.1. The first-order valence-electron chi connectivity index (χ1n) is 6.81. The highest BCUT2D eigenvalue weighted by Gasteiger charge is 2.16. The predicted octanol–water partition coefficient (Wildman–Crippen LogP) is 3.70. The summed E-state index contributed by atoms with van der Waals surface area (Å²) in [6.07, 6.45) is 1.82. The average molecular weight is 288 g/mol. The van der Waals surface area contributed by atoms with Gasteiger partial charge in [-0.2, -0.15) is 0 Å². The Kier molecular flexibility index (Phi) is 3.74. The number of ketones is 1. The van der Waals surface area contributed by atoms with Gasteiger partial charge in [-0.05, 0) is 36.8 Å². The van der Waals surface area contributed by atoms with Gasteiger partial charge >= 0.3 is 0 Å². The lowest BCUT2D eigenvalue weighted by atomic mass is 10.1. The molecule has 0 fully saturated rings. The first kappa shape index (κ1) is 13.2. The summed E-state index contributed by atoms with van der Waals surface area (Å²) in [5, 5.41) is 0. The number of carbonyl (C=O) groups is 1. The Hall–Kier alpha value is -1.81. The minimum absolute atomic E-state index is 0.0466. The first-order valence-corrected chi connectivity index (χ1v) is 7.62. The molecule has 0 radical (unpaired) electrons. The Labute approximate surface area is 122 Å². The molecule has 3 rings (SSSR count). The summed E-state index contributed by atoms with van der Waals surface area (Å²) >= 11 is 1.56. The van der Waals surface area contributed by atoms with Gasteiger partial charge in [0.2, 0.25) is 5.78 Å². The molecule has 0 N–H and O–H groups in total. The molecular weight excluding hydrogens is 272 g/mol. The zero-order valence-corrected chi connectivity index (χ0v) is 12.2. The lowest BCUT2D eigenvalue weighted by Gasteiger charge is -2.08. The van der Waals surface area contributed by atoms with Crippen molar-refractivity contribution in [2.75, 3.05) is 13.2 Å². The molecule has 104 valence electrons. The molecule has 2 heterocycles. The number of carbonyl (C=O) groups excluding carboxylic acids is 1. The fourth-order valence-electron chi connectivity index (χ4n) is 2.14. The van der Waals surface area contributed by atoms with Crippen molar-refractivity contribution < 1.29 is 14.3 Å². The summed E-state index contributed by atoms with van der Waals surface area (Å²) in [5.41, 5.74) is 0.652. The van der Waals surface area contributed by atoms with Gasteiger partial charge in [-0.3, -0.25) is 4.79 Å². The SMILES string of the molecule is CCc1ccc(C(=O)c2ccc3c(c2)OCCCO3)s1. The standard InChI is InChI=1S/C16H16O3S/c1-2-12-5-7-15(20-12)16(17)11-4-6-13-14(10-11)19-9-3-8-18-13/h4-7,10H,2-3,8-9H2,1H3. The van der Waals surface area contributed by atoms with E-state index in [0.29, 0.717) is 24.5 Å². The smallest absolute Gasteiger partial charge is 0.203 e. The zero-order chi connectivity index (χ0) is 13.9. The van der Waals surface area contributed by atoms with Gasteiger partial charge in [0.25, 0.3) is 0 Å². The number of hydrogen-bond donors (Lipinski definition) is 0. The molecule has 0 saturated heterocycles. The summed E-state index contributed by atoms with van der Waals surface area (Å²) in [6, 6.07) is 9.33. The second-order valence-corrected chi connectivity index (χ2v) is 5.83. The summed E-state index contributed by atoms with van der Waals surface area (Å²) in [4.78, 5) is 14.5. The second kappa shape index (κ2) is 5.67. The molecule has 0 unspecified atom stereocenters. The molecule has 1 aromatic carbocycles. The third-order valence-electron chi connectivity index (χ3n) is 3.24. The maximum absolute atomic E-state index is 12.5. The van der Waals surface area contributed by atoms with Gasteiger partial charge in [-0.25, -0.2) is 0 Å². The molecule has 1 aromatic heterocycles. The second-order valence-electron chi connectivity index (χ2n) is 4.66. The van der Waals surface area contributed by atoms with Crippen LogP contribution in [0.25, 0.3) is 0 Å². The number of aryl methyl sites for hydroxylation is 1. The van der Waals surface area contributed by atoms with Gasteiger partial charge < -0.3 is 9.47 Å². The zero-order valence-electron chi connectivity index (χ0n) is 11.3. The summed E-state index contributed by atoms with van der Waals surface area (Å²) in [6.45, 7) is 3.38. The maximum atomic E-state index is 12.5. The first-order chi connectivity index (χ1) is 9.78. The number of ether oxygens (including phenoxy) is 2. The van der Waals surface area contributed by atoms with E-state index in [2.05, 4.69) is 6.92 Å². The van der Waals surface area contributed by atoms with E-state index in [1.165, 1.54) is 4.88 Å². The van der Waals surface area contributed by atoms with Crippen LogP contribution in [0.2, 0.25) is 0 Å². The number of thiophene rings is 1. The maximum Gasteiger partial charge on any atom is 0.203 e. The number of fused-ring (bicyclic) bond motifs is 1. The largest absolute Gasteiger partial charge is 0.490 e.